The molecular formula is C11H13ClN2O. The van der Waals surface area contributed by atoms with Crippen LogP contribution < -0.4 is 4.90 Å². The van der Waals surface area contributed by atoms with Crippen LogP contribution in [0.2, 0.25) is 5.02 Å². The van der Waals surface area contributed by atoms with E-state index >= 15 is 0 Å². The van der Waals surface area contributed by atoms with Crippen LogP contribution in [-0.2, 0) is 4.79 Å². The van der Waals surface area contributed by atoms with Crippen molar-refractivity contribution >= 4 is 23.3 Å². The lowest BCUT2D eigenvalue weighted by Crippen LogP contribution is -2.32. The summed E-state index contributed by atoms with van der Waals surface area (Å²) in [6.07, 6.45) is 4.10. The van der Waals surface area contributed by atoms with E-state index < -0.39 is 0 Å². The van der Waals surface area contributed by atoms with E-state index in [0.717, 1.165) is 12.8 Å². The van der Waals surface area contributed by atoms with Crippen molar-refractivity contribution in [3.05, 3.63) is 23.4 Å². The van der Waals surface area contributed by atoms with Gasteiger partial charge in [0.1, 0.15) is 5.82 Å². The smallest absolute Gasteiger partial charge is 0.228 e. The molecule has 1 saturated heterocycles. The lowest BCUT2D eigenvalue weighted by Gasteiger charge is -2.22. The Hall–Kier alpha value is -1.09. The minimum absolute atomic E-state index is 0.164. The molecule has 2 heterocycles. The molecule has 1 aromatic heterocycles. The molecule has 3 nitrogen and oxygen atoms in total. The highest BCUT2D eigenvalue weighted by Crippen LogP contribution is 2.27. The number of pyridine rings is 1. The summed E-state index contributed by atoms with van der Waals surface area (Å²) in [5, 5.41) is 0.596. The van der Waals surface area contributed by atoms with Crippen molar-refractivity contribution in [2.45, 2.75) is 32.2 Å². The quantitative estimate of drug-likeness (QED) is 0.774. The first-order chi connectivity index (χ1) is 7.22. The van der Waals surface area contributed by atoms with Gasteiger partial charge in [-0.15, -0.1) is 0 Å². The third-order valence-corrected chi connectivity index (χ3v) is 2.98. The van der Waals surface area contributed by atoms with E-state index in [1.807, 2.05) is 0 Å². The summed E-state index contributed by atoms with van der Waals surface area (Å²) in [5.41, 5.74) is 0. The maximum Gasteiger partial charge on any atom is 0.228 e. The summed E-state index contributed by atoms with van der Waals surface area (Å²) in [6, 6.07) is 3.86. The van der Waals surface area contributed by atoms with Crippen molar-refractivity contribution in [1.29, 1.82) is 0 Å². The first-order valence-electron chi connectivity index (χ1n) is 5.16. The van der Waals surface area contributed by atoms with Crippen LogP contribution >= 0.6 is 11.6 Å². The maximum absolute atomic E-state index is 11.7. The molecule has 0 aromatic carbocycles. The monoisotopic (exact) mass is 224 g/mol. The molecule has 1 unspecified atom stereocenters. The number of carbonyl (C=O) groups excluding carboxylic acids is 1. The number of amides is 1. The zero-order valence-corrected chi connectivity index (χ0v) is 9.37. The van der Waals surface area contributed by atoms with Crippen molar-refractivity contribution in [1.82, 2.24) is 4.98 Å². The second-order valence-electron chi connectivity index (χ2n) is 3.70. The maximum atomic E-state index is 11.7. The molecule has 0 bridgehead atoms. The number of rotatable bonds is 2. The molecule has 1 fully saturated rings. The summed E-state index contributed by atoms with van der Waals surface area (Å²) < 4.78 is 0. The van der Waals surface area contributed by atoms with Gasteiger partial charge in [0, 0.05) is 18.7 Å². The number of hydrogen-bond acceptors (Lipinski definition) is 2. The van der Waals surface area contributed by atoms with Gasteiger partial charge in [-0.05, 0) is 25.0 Å². The Balaban J connectivity index is 2.28. The number of carbonyl (C=O) groups is 1. The largest absolute Gasteiger partial charge is 0.294 e. The lowest BCUT2D eigenvalue weighted by atomic mass is 10.2. The first-order valence-corrected chi connectivity index (χ1v) is 5.53. The summed E-state index contributed by atoms with van der Waals surface area (Å²) in [6.45, 7) is 2.09. The second kappa shape index (κ2) is 4.19. The molecule has 80 valence electrons. The van der Waals surface area contributed by atoms with Gasteiger partial charge in [-0.1, -0.05) is 18.5 Å². The van der Waals surface area contributed by atoms with Crippen LogP contribution in [0, 0.1) is 0 Å². The molecule has 0 aliphatic carbocycles. The molecule has 1 amide bonds. The van der Waals surface area contributed by atoms with Gasteiger partial charge in [-0.2, -0.15) is 0 Å². The fraction of sp³-hybridized carbons (Fsp3) is 0.455. The van der Waals surface area contributed by atoms with E-state index in [4.69, 9.17) is 11.6 Å². The van der Waals surface area contributed by atoms with E-state index in [2.05, 4.69) is 11.9 Å². The third kappa shape index (κ3) is 1.97. The predicted molar refractivity (Wildman–Crippen MR) is 60.0 cm³/mol. The van der Waals surface area contributed by atoms with Crippen molar-refractivity contribution < 1.29 is 4.79 Å². The van der Waals surface area contributed by atoms with E-state index in [9.17, 15) is 4.79 Å². The molecule has 2 rings (SSSR count). The summed E-state index contributed by atoms with van der Waals surface area (Å²) in [4.78, 5) is 17.7. The van der Waals surface area contributed by atoms with E-state index in [1.165, 1.54) is 0 Å². The first kappa shape index (κ1) is 10.4. The number of hydrogen-bond donors (Lipinski definition) is 0. The number of halogens is 1. The highest BCUT2D eigenvalue weighted by atomic mass is 35.5. The molecule has 1 aliphatic rings. The van der Waals surface area contributed by atoms with Crippen LogP contribution in [0.25, 0.3) is 0 Å². The van der Waals surface area contributed by atoms with Gasteiger partial charge in [0.15, 0.2) is 0 Å². The van der Waals surface area contributed by atoms with Crippen LogP contribution in [-0.4, -0.2) is 16.9 Å². The lowest BCUT2D eigenvalue weighted by molar-refractivity contribution is -0.117. The molecule has 15 heavy (non-hydrogen) atoms. The second-order valence-corrected chi connectivity index (χ2v) is 4.14. The van der Waals surface area contributed by atoms with E-state index in [1.54, 1.807) is 23.2 Å². The fourth-order valence-electron chi connectivity index (χ4n) is 1.96. The Morgan fingerprint density at radius 1 is 1.60 bits per heavy atom. The van der Waals surface area contributed by atoms with Gasteiger partial charge in [0.25, 0.3) is 0 Å². The Morgan fingerprint density at radius 2 is 2.40 bits per heavy atom. The molecule has 0 radical (unpaired) electrons. The van der Waals surface area contributed by atoms with Gasteiger partial charge in [-0.25, -0.2) is 4.98 Å². The third-order valence-electron chi connectivity index (χ3n) is 2.76. The van der Waals surface area contributed by atoms with Crippen LogP contribution in [0.15, 0.2) is 18.3 Å². The fourth-order valence-corrected chi connectivity index (χ4v) is 2.07. The molecule has 4 heteroatoms. The van der Waals surface area contributed by atoms with E-state index in [0.29, 0.717) is 23.3 Å². The minimum atomic E-state index is 0.164. The average molecular weight is 225 g/mol. The molecule has 0 spiro atoms. The van der Waals surface area contributed by atoms with Gasteiger partial charge in [0.2, 0.25) is 5.91 Å². The normalized spacial score (nSPS) is 21.1. The average Bonchev–Trinajstić information content (AvgIpc) is 2.61. The molecule has 0 saturated carbocycles. The molecular weight excluding hydrogens is 212 g/mol. The SMILES string of the molecule is CCC1CCC(=O)N1c1ccc(Cl)cn1. The topological polar surface area (TPSA) is 33.2 Å². The van der Waals surface area contributed by atoms with Gasteiger partial charge in [-0.3, -0.25) is 9.69 Å². The predicted octanol–water partition coefficient (Wildman–Crippen LogP) is 2.64. The highest BCUT2D eigenvalue weighted by molar-refractivity contribution is 6.30. The van der Waals surface area contributed by atoms with Crippen LogP contribution in [0.1, 0.15) is 26.2 Å². The molecule has 1 aliphatic heterocycles. The zero-order chi connectivity index (χ0) is 10.8. The Labute approximate surface area is 94.1 Å². The Morgan fingerprint density at radius 3 is 3.00 bits per heavy atom. The summed E-state index contributed by atoms with van der Waals surface area (Å²) in [7, 11) is 0. The molecule has 0 N–H and O–H groups in total. The molecule has 1 aromatic rings. The summed E-state index contributed by atoms with van der Waals surface area (Å²) in [5.74, 6) is 0.880. The van der Waals surface area contributed by atoms with Crippen molar-refractivity contribution in [2.75, 3.05) is 4.90 Å². The number of nitrogens with zero attached hydrogens (tertiary/aromatic N) is 2. The van der Waals surface area contributed by atoms with Gasteiger partial charge in [0.05, 0.1) is 5.02 Å². The standard InChI is InChI=1S/C11H13ClN2O/c1-2-9-4-6-11(15)14(9)10-5-3-8(12)7-13-10/h3,5,7,9H,2,4,6H2,1H3. The molecule has 1 atom stereocenters. The van der Waals surface area contributed by atoms with Crippen LogP contribution in [0.5, 0.6) is 0 Å². The van der Waals surface area contributed by atoms with Crippen LogP contribution in [0.3, 0.4) is 0 Å². The number of anilines is 1. The van der Waals surface area contributed by atoms with E-state index in [-0.39, 0.29) is 5.91 Å². The zero-order valence-electron chi connectivity index (χ0n) is 8.61. The van der Waals surface area contributed by atoms with Gasteiger partial charge >= 0.3 is 0 Å². The van der Waals surface area contributed by atoms with Crippen molar-refractivity contribution in [2.24, 2.45) is 0 Å². The Kier molecular flexibility index (Phi) is 2.91. The highest BCUT2D eigenvalue weighted by Gasteiger charge is 2.31. The Bertz CT molecular complexity index is 363. The van der Waals surface area contributed by atoms with Gasteiger partial charge < -0.3 is 0 Å². The van der Waals surface area contributed by atoms with Crippen molar-refractivity contribution in [3.8, 4) is 0 Å². The number of aromatic nitrogens is 1. The minimum Gasteiger partial charge on any atom is -0.294 e. The van der Waals surface area contributed by atoms with Crippen LogP contribution in [0.4, 0.5) is 5.82 Å². The summed E-state index contributed by atoms with van der Waals surface area (Å²) >= 11 is 5.76. The van der Waals surface area contributed by atoms with Crippen molar-refractivity contribution in [3.63, 3.8) is 0 Å².